The number of amidine groups is 1. The Morgan fingerprint density at radius 2 is 2.29 bits per heavy atom. The summed E-state index contributed by atoms with van der Waals surface area (Å²) in [5.74, 6) is 0.946. The molecule has 0 aliphatic rings. The van der Waals surface area contributed by atoms with Crippen molar-refractivity contribution < 1.29 is 4.74 Å². The average molecular weight is 239 g/mol. The molecule has 0 radical (unpaired) electrons. The molecular weight excluding hydrogens is 218 g/mol. The minimum Gasteiger partial charge on any atom is -0.383 e. The first-order valence-corrected chi connectivity index (χ1v) is 5.89. The highest BCUT2D eigenvalue weighted by atomic mass is 16.5. The number of nitrogen functional groups attached to an aromatic ring is 1. The van der Waals surface area contributed by atoms with Crippen molar-refractivity contribution in [1.82, 2.24) is 9.55 Å². The van der Waals surface area contributed by atoms with Gasteiger partial charge in [0.2, 0.25) is 0 Å². The topological polar surface area (TPSA) is 91.4 Å². The highest BCUT2D eigenvalue weighted by molar-refractivity contribution is 5.99. The minimum absolute atomic E-state index is 0.402. The Hall–Kier alpha value is -1.56. The maximum Gasteiger partial charge on any atom is 0.148 e. The molecule has 0 aromatic carbocycles. The normalized spacial score (nSPS) is 12.0. The fourth-order valence-corrected chi connectivity index (χ4v) is 1.38. The number of rotatable bonds is 7. The van der Waals surface area contributed by atoms with E-state index >= 15 is 0 Å². The molecule has 0 aliphatic carbocycles. The number of hydrogen-bond donors (Lipinski definition) is 2. The summed E-state index contributed by atoms with van der Waals surface area (Å²) in [5, 5.41) is 0. The quantitative estimate of drug-likeness (QED) is 0.414. The molecule has 0 saturated carbocycles. The van der Waals surface area contributed by atoms with Crippen LogP contribution in [-0.2, 0) is 11.3 Å². The van der Waals surface area contributed by atoms with Crippen LogP contribution in [0.2, 0.25) is 0 Å². The molecule has 0 unspecified atom stereocenters. The molecule has 0 aliphatic heterocycles. The van der Waals surface area contributed by atoms with Gasteiger partial charge in [0, 0.05) is 19.7 Å². The van der Waals surface area contributed by atoms with E-state index in [1.807, 2.05) is 18.4 Å². The van der Waals surface area contributed by atoms with Crippen molar-refractivity contribution in [3.63, 3.8) is 0 Å². The van der Waals surface area contributed by atoms with Crippen molar-refractivity contribution in [2.75, 3.05) is 25.5 Å². The maximum atomic E-state index is 5.94. The van der Waals surface area contributed by atoms with Gasteiger partial charge >= 0.3 is 0 Å². The second kappa shape index (κ2) is 6.90. The van der Waals surface area contributed by atoms with E-state index in [9.17, 15) is 0 Å². The second-order valence-electron chi connectivity index (χ2n) is 3.64. The lowest BCUT2D eigenvalue weighted by molar-refractivity contribution is 0.139. The number of aromatic nitrogens is 2. The summed E-state index contributed by atoms with van der Waals surface area (Å²) in [5.41, 5.74) is 12.3. The fraction of sp³-hybridized carbons (Fsp3) is 0.636. The van der Waals surface area contributed by atoms with Crippen molar-refractivity contribution in [3.8, 4) is 0 Å². The lowest BCUT2D eigenvalue weighted by Crippen LogP contribution is -2.17. The summed E-state index contributed by atoms with van der Waals surface area (Å²) in [4.78, 5) is 8.36. The summed E-state index contributed by atoms with van der Waals surface area (Å²) in [7, 11) is 0. The minimum atomic E-state index is 0.402. The number of imidazole rings is 1. The number of aliphatic imine (C=N–C) groups is 1. The average Bonchev–Trinajstić information content (AvgIpc) is 2.68. The van der Waals surface area contributed by atoms with Crippen LogP contribution in [-0.4, -0.2) is 35.1 Å². The van der Waals surface area contributed by atoms with E-state index in [1.54, 1.807) is 6.33 Å². The Morgan fingerprint density at radius 3 is 2.94 bits per heavy atom. The molecule has 6 heteroatoms. The van der Waals surface area contributed by atoms with E-state index in [0.29, 0.717) is 43.7 Å². The smallest absolute Gasteiger partial charge is 0.148 e. The maximum absolute atomic E-state index is 5.94. The molecule has 0 amide bonds. The van der Waals surface area contributed by atoms with Crippen LogP contribution in [0.4, 0.5) is 5.82 Å². The molecule has 1 rings (SSSR count). The van der Waals surface area contributed by atoms with E-state index in [-0.39, 0.29) is 0 Å². The van der Waals surface area contributed by atoms with Gasteiger partial charge in [-0.15, -0.1) is 0 Å². The van der Waals surface area contributed by atoms with Crippen molar-refractivity contribution in [1.29, 1.82) is 0 Å². The lowest BCUT2D eigenvalue weighted by atomic mass is 10.4. The van der Waals surface area contributed by atoms with Crippen LogP contribution in [0.1, 0.15) is 26.0 Å². The summed E-state index contributed by atoms with van der Waals surface area (Å²) in [6.45, 7) is 6.67. The number of ether oxygens (including phenoxy) is 1. The lowest BCUT2D eigenvalue weighted by Gasteiger charge is -2.05. The van der Waals surface area contributed by atoms with Crippen molar-refractivity contribution in [3.05, 3.63) is 12.0 Å². The molecule has 6 nitrogen and oxygen atoms in total. The molecule has 0 saturated heterocycles. The van der Waals surface area contributed by atoms with Crippen LogP contribution in [0.5, 0.6) is 0 Å². The van der Waals surface area contributed by atoms with Gasteiger partial charge in [-0.25, -0.2) is 4.98 Å². The summed E-state index contributed by atoms with van der Waals surface area (Å²) >= 11 is 0. The molecule has 1 aromatic rings. The van der Waals surface area contributed by atoms with Gasteiger partial charge in [-0.1, -0.05) is 6.92 Å². The van der Waals surface area contributed by atoms with Gasteiger partial charge in [-0.2, -0.15) is 0 Å². The third-order valence-corrected chi connectivity index (χ3v) is 2.31. The monoisotopic (exact) mass is 239 g/mol. The molecular formula is C11H21N5O. The first kappa shape index (κ1) is 13.5. The van der Waals surface area contributed by atoms with Gasteiger partial charge in [0.05, 0.1) is 12.9 Å². The zero-order valence-electron chi connectivity index (χ0n) is 10.5. The van der Waals surface area contributed by atoms with E-state index in [4.69, 9.17) is 16.2 Å². The van der Waals surface area contributed by atoms with Crippen LogP contribution < -0.4 is 11.5 Å². The van der Waals surface area contributed by atoms with Crippen LogP contribution in [0, 0.1) is 0 Å². The summed E-state index contributed by atoms with van der Waals surface area (Å²) in [6.07, 6.45) is 2.61. The Balaban J connectivity index is 2.69. The van der Waals surface area contributed by atoms with Gasteiger partial charge in [-0.05, 0) is 13.3 Å². The number of anilines is 1. The Labute approximate surface area is 102 Å². The van der Waals surface area contributed by atoms with Crippen LogP contribution in [0.15, 0.2) is 11.3 Å². The first-order valence-electron chi connectivity index (χ1n) is 5.89. The van der Waals surface area contributed by atoms with E-state index in [1.165, 1.54) is 0 Å². The molecule has 0 atom stereocenters. The largest absolute Gasteiger partial charge is 0.383 e. The van der Waals surface area contributed by atoms with Crippen LogP contribution >= 0.6 is 0 Å². The Bertz CT molecular complexity index is 372. The predicted molar refractivity (Wildman–Crippen MR) is 69.0 cm³/mol. The third kappa shape index (κ3) is 3.74. The molecule has 4 N–H and O–H groups in total. The fourth-order valence-electron chi connectivity index (χ4n) is 1.38. The van der Waals surface area contributed by atoms with Gasteiger partial charge in [0.15, 0.2) is 0 Å². The SMILES string of the molecule is CCC/N=C(/N)c1ncn(CCOCC)c1N. The molecule has 1 heterocycles. The molecule has 0 bridgehead atoms. The standard InChI is InChI=1S/C11H21N5O/c1-3-5-14-10(12)9-11(13)16(8-15-9)6-7-17-4-2/h8H,3-7,13H2,1-2H3,(H2,12,14). The van der Waals surface area contributed by atoms with Gasteiger partial charge in [0.1, 0.15) is 17.3 Å². The van der Waals surface area contributed by atoms with Crippen LogP contribution in [0.25, 0.3) is 0 Å². The third-order valence-electron chi connectivity index (χ3n) is 2.31. The Kier molecular flexibility index (Phi) is 5.48. The molecule has 0 fully saturated rings. The summed E-state index contributed by atoms with van der Waals surface area (Å²) in [6, 6.07) is 0. The number of nitrogens with two attached hydrogens (primary N) is 2. The van der Waals surface area contributed by atoms with Crippen molar-refractivity contribution in [2.45, 2.75) is 26.8 Å². The molecule has 17 heavy (non-hydrogen) atoms. The van der Waals surface area contributed by atoms with E-state index in [0.717, 1.165) is 6.42 Å². The Morgan fingerprint density at radius 1 is 1.53 bits per heavy atom. The summed E-state index contributed by atoms with van der Waals surface area (Å²) < 4.78 is 7.08. The van der Waals surface area contributed by atoms with Gasteiger partial charge in [0.25, 0.3) is 0 Å². The highest BCUT2D eigenvalue weighted by Gasteiger charge is 2.10. The molecule has 1 aromatic heterocycles. The zero-order chi connectivity index (χ0) is 12.7. The number of nitrogens with zero attached hydrogens (tertiary/aromatic N) is 3. The van der Waals surface area contributed by atoms with Crippen LogP contribution in [0.3, 0.4) is 0 Å². The zero-order valence-corrected chi connectivity index (χ0v) is 10.5. The van der Waals surface area contributed by atoms with Crippen molar-refractivity contribution in [2.24, 2.45) is 10.7 Å². The first-order chi connectivity index (χ1) is 8.20. The molecule has 96 valence electrons. The second-order valence-corrected chi connectivity index (χ2v) is 3.64. The van der Waals surface area contributed by atoms with E-state index < -0.39 is 0 Å². The highest BCUT2D eigenvalue weighted by Crippen LogP contribution is 2.09. The van der Waals surface area contributed by atoms with Gasteiger partial charge < -0.3 is 20.8 Å². The van der Waals surface area contributed by atoms with E-state index in [2.05, 4.69) is 9.98 Å². The van der Waals surface area contributed by atoms with Gasteiger partial charge in [-0.3, -0.25) is 4.99 Å². The molecule has 0 spiro atoms. The number of hydrogen-bond acceptors (Lipinski definition) is 4. The van der Waals surface area contributed by atoms with Crippen molar-refractivity contribution >= 4 is 11.7 Å². The predicted octanol–water partition coefficient (Wildman–Crippen LogP) is 0.617.